The zero-order valence-corrected chi connectivity index (χ0v) is 9.90. The van der Waals surface area contributed by atoms with Crippen molar-refractivity contribution >= 4 is 28.7 Å². The molecular formula is C12H10ClNO3. The van der Waals surface area contributed by atoms with Crippen LogP contribution in [-0.2, 0) is 4.79 Å². The summed E-state index contributed by atoms with van der Waals surface area (Å²) in [6.07, 6.45) is 0. The Hall–Kier alpha value is -1.68. The average molecular weight is 252 g/mol. The van der Waals surface area contributed by atoms with Gasteiger partial charge in [0.05, 0.1) is 11.1 Å². The summed E-state index contributed by atoms with van der Waals surface area (Å²) in [6.45, 7) is 1.60. The molecule has 17 heavy (non-hydrogen) atoms. The minimum Gasteiger partial charge on any atom is -0.281 e. The summed E-state index contributed by atoms with van der Waals surface area (Å²) in [4.78, 5) is 35.8. The van der Waals surface area contributed by atoms with E-state index in [1.165, 1.54) is 0 Å². The lowest BCUT2D eigenvalue weighted by molar-refractivity contribution is -0.114. The van der Waals surface area contributed by atoms with E-state index in [1.54, 1.807) is 31.2 Å². The molecule has 88 valence electrons. The van der Waals surface area contributed by atoms with Gasteiger partial charge < -0.3 is 0 Å². The van der Waals surface area contributed by atoms with E-state index >= 15 is 0 Å². The highest BCUT2D eigenvalue weighted by atomic mass is 35.5. The SMILES string of the molecule is CC(CN1C(=O)c2ccccc2C1=O)C(=O)Cl. The number of carbonyl (C=O) groups is 3. The molecule has 0 radical (unpaired) electrons. The minimum absolute atomic E-state index is 0.0225. The topological polar surface area (TPSA) is 54.5 Å². The number of hydrogen-bond donors (Lipinski definition) is 0. The van der Waals surface area contributed by atoms with E-state index in [4.69, 9.17) is 11.6 Å². The molecule has 0 saturated heterocycles. The average Bonchev–Trinajstić information content (AvgIpc) is 2.55. The molecule has 5 heteroatoms. The Balaban J connectivity index is 2.27. The number of fused-ring (bicyclic) bond motifs is 1. The number of hydrogen-bond acceptors (Lipinski definition) is 3. The van der Waals surface area contributed by atoms with Crippen LogP contribution in [0.3, 0.4) is 0 Å². The molecule has 0 aromatic heterocycles. The standard InChI is InChI=1S/C12H10ClNO3/c1-7(10(13)15)6-14-11(16)8-4-2-3-5-9(8)12(14)17/h2-5,7H,6H2,1H3. The molecule has 1 aliphatic rings. The zero-order valence-electron chi connectivity index (χ0n) is 9.14. The Morgan fingerprint density at radius 1 is 1.24 bits per heavy atom. The summed E-state index contributed by atoms with van der Waals surface area (Å²) >= 11 is 5.33. The van der Waals surface area contributed by atoms with E-state index in [9.17, 15) is 14.4 Å². The summed E-state index contributed by atoms with van der Waals surface area (Å²) in [5, 5.41) is -0.554. The van der Waals surface area contributed by atoms with Gasteiger partial charge in [0.15, 0.2) is 0 Å². The lowest BCUT2D eigenvalue weighted by atomic mass is 10.1. The van der Waals surface area contributed by atoms with Crippen LogP contribution in [0.2, 0.25) is 0 Å². The van der Waals surface area contributed by atoms with Crippen molar-refractivity contribution in [3.05, 3.63) is 35.4 Å². The predicted octanol–water partition coefficient (Wildman–Crippen LogP) is 1.68. The molecule has 0 aliphatic carbocycles. The predicted molar refractivity (Wildman–Crippen MR) is 61.8 cm³/mol. The van der Waals surface area contributed by atoms with Crippen LogP contribution in [0.4, 0.5) is 0 Å². The summed E-state index contributed by atoms with van der Waals surface area (Å²) in [7, 11) is 0. The quantitative estimate of drug-likeness (QED) is 0.607. The summed E-state index contributed by atoms with van der Waals surface area (Å²) in [5.41, 5.74) is 0.762. The van der Waals surface area contributed by atoms with E-state index in [0.717, 1.165) is 4.90 Å². The molecule has 0 saturated carbocycles. The van der Waals surface area contributed by atoms with E-state index in [2.05, 4.69) is 0 Å². The number of carbonyl (C=O) groups excluding carboxylic acids is 3. The van der Waals surface area contributed by atoms with Gasteiger partial charge in [0.1, 0.15) is 0 Å². The highest BCUT2D eigenvalue weighted by Crippen LogP contribution is 2.23. The maximum absolute atomic E-state index is 11.9. The normalized spacial score (nSPS) is 16.0. The third-order valence-corrected chi connectivity index (χ3v) is 3.09. The van der Waals surface area contributed by atoms with Gasteiger partial charge >= 0.3 is 0 Å². The first-order valence-corrected chi connectivity index (χ1v) is 5.54. The van der Waals surface area contributed by atoms with E-state index in [-0.39, 0.29) is 18.4 Å². The molecule has 1 atom stereocenters. The number of amides is 2. The van der Waals surface area contributed by atoms with Gasteiger partial charge in [-0.3, -0.25) is 19.3 Å². The van der Waals surface area contributed by atoms with Gasteiger partial charge in [0.25, 0.3) is 11.8 Å². The Morgan fingerprint density at radius 2 is 1.71 bits per heavy atom. The number of benzene rings is 1. The van der Waals surface area contributed by atoms with Crippen molar-refractivity contribution in [3.63, 3.8) is 0 Å². The van der Waals surface area contributed by atoms with Crippen LogP contribution in [0, 0.1) is 5.92 Å². The number of nitrogens with zero attached hydrogens (tertiary/aromatic N) is 1. The number of rotatable bonds is 3. The molecule has 0 spiro atoms. The van der Waals surface area contributed by atoms with Crippen LogP contribution in [0.5, 0.6) is 0 Å². The van der Waals surface area contributed by atoms with Gasteiger partial charge in [-0.05, 0) is 23.7 Å². The Labute approximate surface area is 103 Å². The summed E-state index contributed by atoms with van der Waals surface area (Å²) < 4.78 is 0. The first-order chi connectivity index (χ1) is 8.02. The van der Waals surface area contributed by atoms with Gasteiger partial charge in [-0.2, -0.15) is 0 Å². The van der Waals surface area contributed by atoms with Crippen LogP contribution >= 0.6 is 11.6 Å². The molecule has 1 unspecified atom stereocenters. The third-order valence-electron chi connectivity index (χ3n) is 2.72. The molecule has 2 rings (SSSR count). The molecule has 0 N–H and O–H groups in total. The summed E-state index contributed by atoms with van der Waals surface area (Å²) in [5.74, 6) is -1.29. The van der Waals surface area contributed by atoms with E-state index in [0.29, 0.717) is 11.1 Å². The summed E-state index contributed by atoms with van der Waals surface area (Å²) in [6, 6.07) is 6.60. The molecular weight excluding hydrogens is 242 g/mol. The van der Waals surface area contributed by atoms with Crippen LogP contribution in [0.1, 0.15) is 27.6 Å². The fourth-order valence-electron chi connectivity index (χ4n) is 1.75. The minimum atomic E-state index is -0.557. The maximum atomic E-state index is 11.9. The molecule has 1 aromatic carbocycles. The van der Waals surface area contributed by atoms with Crippen molar-refractivity contribution < 1.29 is 14.4 Å². The molecule has 0 fully saturated rings. The zero-order chi connectivity index (χ0) is 12.6. The first kappa shape index (κ1) is 11.8. The van der Waals surface area contributed by atoms with Crippen LogP contribution in [0.15, 0.2) is 24.3 Å². The largest absolute Gasteiger partial charge is 0.281 e. The molecule has 1 aliphatic heterocycles. The fraction of sp³-hybridized carbons (Fsp3) is 0.250. The van der Waals surface area contributed by atoms with Crippen molar-refractivity contribution in [3.8, 4) is 0 Å². The molecule has 0 bridgehead atoms. The number of imide groups is 1. The Morgan fingerprint density at radius 3 is 2.12 bits per heavy atom. The molecule has 1 aromatic rings. The fourth-order valence-corrected chi connectivity index (χ4v) is 1.82. The van der Waals surface area contributed by atoms with E-state index < -0.39 is 11.2 Å². The van der Waals surface area contributed by atoms with Crippen molar-refractivity contribution in [1.29, 1.82) is 0 Å². The van der Waals surface area contributed by atoms with Crippen LogP contribution in [0.25, 0.3) is 0 Å². The second-order valence-electron chi connectivity index (χ2n) is 3.97. The van der Waals surface area contributed by atoms with Crippen molar-refractivity contribution in [2.75, 3.05) is 6.54 Å². The Bertz CT molecular complexity index is 477. The molecule has 1 heterocycles. The van der Waals surface area contributed by atoms with Crippen molar-refractivity contribution in [2.45, 2.75) is 6.92 Å². The Kier molecular flexibility index (Phi) is 2.98. The first-order valence-electron chi connectivity index (χ1n) is 5.17. The second kappa shape index (κ2) is 4.30. The van der Waals surface area contributed by atoms with Gasteiger partial charge in [-0.15, -0.1) is 0 Å². The highest BCUT2D eigenvalue weighted by Gasteiger charge is 2.36. The third kappa shape index (κ3) is 1.96. The van der Waals surface area contributed by atoms with Crippen LogP contribution in [-0.4, -0.2) is 28.5 Å². The maximum Gasteiger partial charge on any atom is 0.261 e. The van der Waals surface area contributed by atoms with Crippen molar-refractivity contribution in [2.24, 2.45) is 5.92 Å². The van der Waals surface area contributed by atoms with Gasteiger partial charge in [-0.1, -0.05) is 19.1 Å². The van der Waals surface area contributed by atoms with Gasteiger partial charge in [-0.25, -0.2) is 0 Å². The number of halogens is 1. The molecule has 4 nitrogen and oxygen atoms in total. The van der Waals surface area contributed by atoms with Gasteiger partial charge in [0, 0.05) is 12.5 Å². The second-order valence-corrected chi connectivity index (χ2v) is 4.34. The lowest BCUT2D eigenvalue weighted by Gasteiger charge is -2.16. The lowest BCUT2D eigenvalue weighted by Crippen LogP contribution is -2.35. The molecule has 2 amide bonds. The monoisotopic (exact) mass is 251 g/mol. The smallest absolute Gasteiger partial charge is 0.261 e. The van der Waals surface area contributed by atoms with Crippen molar-refractivity contribution in [1.82, 2.24) is 4.90 Å². The van der Waals surface area contributed by atoms with Crippen LogP contribution < -0.4 is 0 Å². The van der Waals surface area contributed by atoms with Gasteiger partial charge in [0.2, 0.25) is 5.24 Å². The van der Waals surface area contributed by atoms with E-state index in [1.807, 2.05) is 0 Å². The highest BCUT2D eigenvalue weighted by molar-refractivity contribution is 6.64.